The second-order valence-electron chi connectivity index (χ2n) is 6.89. The Morgan fingerprint density at radius 2 is 1.52 bits per heavy atom. The lowest BCUT2D eigenvalue weighted by atomic mass is 9.77. The third-order valence-electron chi connectivity index (χ3n) is 5.29. The van der Waals surface area contributed by atoms with E-state index in [2.05, 4.69) is 36.4 Å². The fraction of sp³-hybridized carbons (Fsp3) is 0.391. The first-order chi connectivity index (χ1) is 12.3. The van der Waals surface area contributed by atoms with Gasteiger partial charge in [0.25, 0.3) is 0 Å². The molecule has 0 atom stereocenters. The van der Waals surface area contributed by atoms with Crippen molar-refractivity contribution in [2.75, 3.05) is 6.61 Å². The fourth-order valence-electron chi connectivity index (χ4n) is 3.83. The maximum Gasteiger partial charge on any atom is 0.119 e. The zero-order valence-electron chi connectivity index (χ0n) is 15.0. The van der Waals surface area contributed by atoms with E-state index in [0.29, 0.717) is 24.8 Å². The molecule has 0 bridgehead atoms. The Balaban J connectivity index is 1.61. The number of halogens is 1. The van der Waals surface area contributed by atoms with Gasteiger partial charge in [-0.3, -0.25) is 0 Å². The van der Waals surface area contributed by atoms with Crippen LogP contribution in [0.15, 0.2) is 60.9 Å². The summed E-state index contributed by atoms with van der Waals surface area (Å²) in [6.07, 6.45) is 8.08. The summed E-state index contributed by atoms with van der Waals surface area (Å²) in [5.74, 6) is 2.23. The van der Waals surface area contributed by atoms with Crippen molar-refractivity contribution in [2.24, 2.45) is 5.92 Å². The first kappa shape index (κ1) is 17.7. The van der Waals surface area contributed by atoms with Gasteiger partial charge in [0.1, 0.15) is 5.75 Å². The molecule has 1 aliphatic rings. The molecule has 3 rings (SSSR count). The van der Waals surface area contributed by atoms with E-state index in [1.54, 1.807) is 6.08 Å². The van der Waals surface area contributed by atoms with E-state index in [4.69, 9.17) is 4.74 Å². The van der Waals surface area contributed by atoms with Gasteiger partial charge in [-0.15, -0.1) is 0 Å². The van der Waals surface area contributed by atoms with Crippen LogP contribution in [0.2, 0.25) is 0 Å². The smallest absolute Gasteiger partial charge is 0.119 e. The van der Waals surface area contributed by atoms with Crippen molar-refractivity contribution in [2.45, 2.75) is 44.9 Å². The zero-order chi connectivity index (χ0) is 17.5. The number of benzene rings is 2. The monoisotopic (exact) mass is 338 g/mol. The predicted octanol–water partition coefficient (Wildman–Crippen LogP) is 6.90. The summed E-state index contributed by atoms with van der Waals surface area (Å²) in [5, 5.41) is 0. The van der Waals surface area contributed by atoms with E-state index in [1.165, 1.54) is 42.4 Å². The van der Waals surface area contributed by atoms with Crippen LogP contribution < -0.4 is 4.74 Å². The van der Waals surface area contributed by atoms with E-state index in [-0.39, 0.29) is 0 Å². The molecule has 2 aromatic carbocycles. The molecule has 0 amide bonds. The van der Waals surface area contributed by atoms with Crippen molar-refractivity contribution >= 4 is 0 Å². The summed E-state index contributed by atoms with van der Waals surface area (Å²) in [6, 6.07) is 17.3. The van der Waals surface area contributed by atoms with E-state index < -0.39 is 0 Å². The van der Waals surface area contributed by atoms with Gasteiger partial charge in [0.05, 0.1) is 12.9 Å². The molecule has 0 aliphatic heterocycles. The number of rotatable bonds is 6. The highest BCUT2D eigenvalue weighted by Crippen LogP contribution is 2.37. The van der Waals surface area contributed by atoms with E-state index >= 15 is 0 Å². The van der Waals surface area contributed by atoms with Crippen LogP contribution in [0.25, 0.3) is 11.1 Å². The van der Waals surface area contributed by atoms with Gasteiger partial charge in [-0.2, -0.15) is 0 Å². The van der Waals surface area contributed by atoms with Crippen LogP contribution >= 0.6 is 0 Å². The molecule has 25 heavy (non-hydrogen) atoms. The van der Waals surface area contributed by atoms with Gasteiger partial charge in [0.2, 0.25) is 0 Å². The summed E-state index contributed by atoms with van der Waals surface area (Å²) in [7, 11) is 0. The molecule has 0 saturated heterocycles. The van der Waals surface area contributed by atoms with Gasteiger partial charge in [0.15, 0.2) is 0 Å². The Morgan fingerprint density at radius 1 is 0.920 bits per heavy atom. The van der Waals surface area contributed by atoms with Crippen molar-refractivity contribution in [1.29, 1.82) is 0 Å². The van der Waals surface area contributed by atoms with Gasteiger partial charge in [-0.05, 0) is 79.7 Å². The molecule has 1 aliphatic carbocycles. The Hall–Kier alpha value is -2.09. The highest BCUT2D eigenvalue weighted by molar-refractivity contribution is 5.64. The summed E-state index contributed by atoms with van der Waals surface area (Å²) < 4.78 is 17.6. The summed E-state index contributed by atoms with van der Waals surface area (Å²) in [6.45, 7) is 2.69. The average Bonchev–Trinajstić information content (AvgIpc) is 2.68. The minimum atomic E-state index is 0.653. The molecule has 1 fully saturated rings. The van der Waals surface area contributed by atoms with Gasteiger partial charge in [0, 0.05) is 0 Å². The minimum absolute atomic E-state index is 0.653. The van der Waals surface area contributed by atoms with Crippen LogP contribution in [0.5, 0.6) is 5.75 Å². The quantitative estimate of drug-likeness (QED) is 0.556. The molecule has 2 aromatic rings. The lowest BCUT2D eigenvalue weighted by molar-refractivity contribution is 0.327. The standard InChI is InChI=1S/C23H27FO/c1-2-25-23-15-13-22(14-16-23)21-11-9-20(10-12-21)19-7-5-18(6-8-19)4-3-17-24/h3,9-19H,2,4-8H2,1H3/b17-3+. The SMILES string of the molecule is CCOc1ccc(-c2ccc(C3CCC(C/C=C/F)CC3)cc2)cc1. The lowest BCUT2D eigenvalue weighted by Gasteiger charge is -2.28. The third kappa shape index (κ3) is 4.72. The van der Waals surface area contributed by atoms with E-state index in [0.717, 1.165) is 12.2 Å². The molecule has 0 heterocycles. The van der Waals surface area contributed by atoms with Crippen molar-refractivity contribution in [3.63, 3.8) is 0 Å². The van der Waals surface area contributed by atoms with Crippen LogP contribution in [0.4, 0.5) is 4.39 Å². The van der Waals surface area contributed by atoms with Crippen molar-refractivity contribution in [3.05, 3.63) is 66.5 Å². The molecule has 0 N–H and O–H groups in total. The van der Waals surface area contributed by atoms with Crippen molar-refractivity contribution in [3.8, 4) is 16.9 Å². The third-order valence-corrected chi connectivity index (χ3v) is 5.29. The summed E-state index contributed by atoms with van der Waals surface area (Å²) in [5.41, 5.74) is 3.90. The maximum absolute atomic E-state index is 12.1. The second kappa shape index (κ2) is 8.84. The second-order valence-corrected chi connectivity index (χ2v) is 6.89. The zero-order valence-corrected chi connectivity index (χ0v) is 15.0. The Bertz CT molecular complexity index is 664. The molecule has 1 saturated carbocycles. The summed E-state index contributed by atoms with van der Waals surface area (Å²) in [4.78, 5) is 0. The van der Waals surface area contributed by atoms with Crippen LogP contribution in [0.3, 0.4) is 0 Å². The molecule has 0 unspecified atom stereocenters. The Kier molecular flexibility index (Phi) is 6.27. The van der Waals surface area contributed by atoms with Gasteiger partial charge < -0.3 is 4.74 Å². The first-order valence-electron chi connectivity index (χ1n) is 9.38. The Morgan fingerprint density at radius 3 is 2.08 bits per heavy atom. The number of hydrogen-bond donors (Lipinski definition) is 0. The van der Waals surface area contributed by atoms with Crippen LogP contribution in [-0.2, 0) is 0 Å². The molecule has 1 nitrogen and oxygen atoms in total. The molecule has 0 spiro atoms. The topological polar surface area (TPSA) is 9.23 Å². The molecule has 0 aromatic heterocycles. The predicted molar refractivity (Wildman–Crippen MR) is 103 cm³/mol. The van der Waals surface area contributed by atoms with Gasteiger partial charge in [-0.25, -0.2) is 4.39 Å². The number of allylic oxidation sites excluding steroid dienone is 1. The number of hydrogen-bond acceptors (Lipinski definition) is 1. The highest BCUT2D eigenvalue weighted by Gasteiger charge is 2.21. The molecular weight excluding hydrogens is 311 g/mol. The highest BCUT2D eigenvalue weighted by atomic mass is 19.1. The van der Waals surface area contributed by atoms with E-state index in [1.807, 2.05) is 19.1 Å². The molecule has 0 radical (unpaired) electrons. The molecule has 2 heteroatoms. The van der Waals surface area contributed by atoms with Crippen LogP contribution in [-0.4, -0.2) is 6.61 Å². The Labute approximate surface area is 150 Å². The average molecular weight is 338 g/mol. The van der Waals surface area contributed by atoms with E-state index in [9.17, 15) is 4.39 Å². The normalized spacial score (nSPS) is 20.7. The largest absolute Gasteiger partial charge is 0.494 e. The van der Waals surface area contributed by atoms with Crippen LogP contribution in [0, 0.1) is 5.92 Å². The van der Waals surface area contributed by atoms with Crippen molar-refractivity contribution in [1.82, 2.24) is 0 Å². The van der Waals surface area contributed by atoms with Crippen LogP contribution in [0.1, 0.15) is 50.5 Å². The van der Waals surface area contributed by atoms with Gasteiger partial charge in [-0.1, -0.05) is 42.5 Å². The van der Waals surface area contributed by atoms with Gasteiger partial charge >= 0.3 is 0 Å². The summed E-state index contributed by atoms with van der Waals surface area (Å²) >= 11 is 0. The maximum atomic E-state index is 12.1. The molecular formula is C23H27FO. The first-order valence-corrected chi connectivity index (χ1v) is 9.38. The molecule has 132 valence electrons. The van der Waals surface area contributed by atoms with Crippen molar-refractivity contribution < 1.29 is 9.13 Å². The fourth-order valence-corrected chi connectivity index (χ4v) is 3.83. The number of ether oxygens (including phenoxy) is 1. The lowest BCUT2D eigenvalue weighted by Crippen LogP contribution is -2.12. The minimum Gasteiger partial charge on any atom is -0.494 e.